The van der Waals surface area contributed by atoms with Crippen LogP contribution in [0.3, 0.4) is 0 Å². The molecule has 0 aliphatic carbocycles. The van der Waals surface area contributed by atoms with Gasteiger partial charge in [-0.1, -0.05) is 12.6 Å². The highest BCUT2D eigenvalue weighted by Gasteiger charge is 2.38. The average Bonchev–Trinajstić information content (AvgIpc) is 3.34. The minimum atomic E-state index is -0.381. The molecule has 2 aromatic rings. The zero-order chi connectivity index (χ0) is 20.5. The number of fused-ring (bicyclic) bond motifs is 1. The first-order valence-corrected chi connectivity index (χ1v) is 9.12. The number of carbonyl (C=O) groups excluding carboxylic acids is 1. The smallest absolute Gasteiger partial charge is 0.333 e. The van der Waals surface area contributed by atoms with Crippen molar-refractivity contribution in [3.63, 3.8) is 0 Å². The number of carbonyl (C=O) groups is 1. The highest BCUT2D eigenvalue weighted by molar-refractivity contribution is 5.90. The topological polar surface area (TPSA) is 72.5 Å². The van der Waals surface area contributed by atoms with Crippen LogP contribution in [0.4, 0.5) is 0 Å². The molecular formula is C22H22O7. The molecule has 0 radical (unpaired) electrons. The van der Waals surface area contributed by atoms with Gasteiger partial charge >= 0.3 is 5.97 Å². The van der Waals surface area contributed by atoms with Gasteiger partial charge in [0.15, 0.2) is 23.0 Å². The maximum Gasteiger partial charge on any atom is 0.333 e. The van der Waals surface area contributed by atoms with E-state index in [0.717, 1.165) is 11.1 Å². The molecule has 2 aliphatic heterocycles. The summed E-state index contributed by atoms with van der Waals surface area (Å²) >= 11 is 0. The minimum Gasteiger partial charge on any atom is -0.493 e. The largest absolute Gasteiger partial charge is 0.493 e. The summed E-state index contributed by atoms with van der Waals surface area (Å²) in [6, 6.07) is 9.51. The van der Waals surface area contributed by atoms with Crippen molar-refractivity contribution >= 4 is 5.97 Å². The highest BCUT2D eigenvalue weighted by Crippen LogP contribution is 2.47. The number of esters is 1. The maximum absolute atomic E-state index is 12.0. The third-order valence-electron chi connectivity index (χ3n) is 5.31. The van der Waals surface area contributed by atoms with E-state index in [-0.39, 0.29) is 31.2 Å². The van der Waals surface area contributed by atoms with E-state index in [2.05, 4.69) is 6.58 Å². The molecule has 0 spiro atoms. The standard InChI is InChI=1S/C22H22O7/c1-12-15(10-27-22(12)23)20(13-5-6-16-17(7-13)29-11-28-16)14-8-18(24-2)21(26-4)19(9-14)25-3/h5-9,15,20H,1,10-11H2,2-4H3. The number of benzene rings is 2. The lowest BCUT2D eigenvalue weighted by Crippen LogP contribution is -2.17. The molecule has 2 heterocycles. The van der Waals surface area contributed by atoms with Crippen molar-refractivity contribution in [2.45, 2.75) is 5.92 Å². The molecule has 0 aromatic heterocycles. The summed E-state index contributed by atoms with van der Waals surface area (Å²) in [6.07, 6.45) is 0. The molecule has 2 atom stereocenters. The van der Waals surface area contributed by atoms with Crippen LogP contribution < -0.4 is 23.7 Å². The summed E-state index contributed by atoms with van der Waals surface area (Å²) < 4.78 is 32.7. The van der Waals surface area contributed by atoms with E-state index in [1.54, 1.807) is 21.3 Å². The van der Waals surface area contributed by atoms with Crippen molar-refractivity contribution < 1.29 is 33.2 Å². The second-order valence-corrected chi connectivity index (χ2v) is 6.78. The van der Waals surface area contributed by atoms with Crippen LogP contribution in [0.15, 0.2) is 42.5 Å². The number of hydrogen-bond donors (Lipinski definition) is 0. The Labute approximate surface area is 168 Å². The van der Waals surface area contributed by atoms with Crippen molar-refractivity contribution in [2.75, 3.05) is 34.7 Å². The first-order valence-electron chi connectivity index (χ1n) is 9.12. The Kier molecular flexibility index (Phi) is 4.96. The van der Waals surface area contributed by atoms with Crippen molar-refractivity contribution in [3.05, 3.63) is 53.6 Å². The number of methoxy groups -OCH3 is 3. The predicted molar refractivity (Wildman–Crippen MR) is 104 cm³/mol. The Bertz CT molecular complexity index is 941. The molecule has 0 amide bonds. The zero-order valence-electron chi connectivity index (χ0n) is 16.5. The molecule has 0 bridgehead atoms. The van der Waals surface area contributed by atoms with Gasteiger partial charge in [-0.25, -0.2) is 4.79 Å². The van der Waals surface area contributed by atoms with E-state index in [1.807, 2.05) is 30.3 Å². The van der Waals surface area contributed by atoms with E-state index >= 15 is 0 Å². The second-order valence-electron chi connectivity index (χ2n) is 6.78. The molecule has 4 rings (SSSR count). The van der Waals surface area contributed by atoms with Gasteiger partial charge in [-0.2, -0.15) is 0 Å². The van der Waals surface area contributed by atoms with Crippen molar-refractivity contribution in [1.82, 2.24) is 0 Å². The number of rotatable bonds is 6. The normalized spacial score (nSPS) is 18.4. The third-order valence-corrected chi connectivity index (χ3v) is 5.31. The SMILES string of the molecule is C=C1C(=O)OCC1C(c1ccc2c(c1)OCO2)c1cc(OC)c(OC)c(OC)c1. The monoisotopic (exact) mass is 398 g/mol. The van der Waals surface area contributed by atoms with Gasteiger partial charge in [0.05, 0.1) is 27.9 Å². The minimum absolute atomic E-state index is 0.186. The van der Waals surface area contributed by atoms with Crippen LogP contribution >= 0.6 is 0 Å². The first kappa shape index (κ1) is 19.0. The van der Waals surface area contributed by atoms with Gasteiger partial charge in [0.2, 0.25) is 12.5 Å². The zero-order valence-corrected chi connectivity index (χ0v) is 16.5. The van der Waals surface area contributed by atoms with E-state index < -0.39 is 0 Å². The van der Waals surface area contributed by atoms with Gasteiger partial charge in [0.25, 0.3) is 0 Å². The molecule has 152 valence electrons. The lowest BCUT2D eigenvalue weighted by Gasteiger charge is -2.25. The summed E-state index contributed by atoms with van der Waals surface area (Å²) in [5.74, 6) is 2.05. The molecular weight excluding hydrogens is 376 g/mol. The fraction of sp³-hybridized carbons (Fsp3) is 0.318. The van der Waals surface area contributed by atoms with Crippen LogP contribution in [0.1, 0.15) is 17.0 Å². The van der Waals surface area contributed by atoms with Crippen LogP contribution in [0.25, 0.3) is 0 Å². The summed E-state index contributed by atoms with van der Waals surface area (Å²) in [7, 11) is 4.69. The van der Waals surface area contributed by atoms with Crippen molar-refractivity contribution in [3.8, 4) is 28.7 Å². The predicted octanol–water partition coefficient (Wildman–Crippen LogP) is 3.30. The average molecular weight is 398 g/mol. The third kappa shape index (κ3) is 3.22. The lowest BCUT2D eigenvalue weighted by molar-refractivity contribution is -0.135. The Morgan fingerprint density at radius 2 is 1.62 bits per heavy atom. The fourth-order valence-corrected chi connectivity index (χ4v) is 3.85. The van der Waals surface area contributed by atoms with Crippen LogP contribution in [0.5, 0.6) is 28.7 Å². The van der Waals surface area contributed by atoms with Crippen LogP contribution in [0, 0.1) is 5.92 Å². The van der Waals surface area contributed by atoms with Gasteiger partial charge in [-0.15, -0.1) is 0 Å². The molecule has 7 heteroatoms. The Hall–Kier alpha value is -3.35. The van der Waals surface area contributed by atoms with E-state index in [4.69, 9.17) is 28.4 Å². The molecule has 2 unspecified atom stereocenters. The second kappa shape index (κ2) is 7.58. The molecule has 29 heavy (non-hydrogen) atoms. The molecule has 1 fully saturated rings. The van der Waals surface area contributed by atoms with Gasteiger partial charge in [0, 0.05) is 17.4 Å². The first-order chi connectivity index (χ1) is 14.1. The summed E-state index contributed by atoms with van der Waals surface area (Å²) in [5, 5.41) is 0. The van der Waals surface area contributed by atoms with Gasteiger partial charge < -0.3 is 28.4 Å². The van der Waals surface area contributed by atoms with Crippen LogP contribution in [-0.4, -0.2) is 40.7 Å². The molecule has 0 saturated carbocycles. The molecule has 2 aromatic carbocycles. The molecule has 0 N–H and O–H groups in total. The summed E-state index contributed by atoms with van der Waals surface area (Å²) in [5.41, 5.74) is 2.25. The fourth-order valence-electron chi connectivity index (χ4n) is 3.85. The van der Waals surface area contributed by atoms with Crippen LogP contribution in [-0.2, 0) is 9.53 Å². The van der Waals surface area contributed by atoms with Gasteiger partial charge in [-0.05, 0) is 35.4 Å². The highest BCUT2D eigenvalue weighted by atomic mass is 16.7. The van der Waals surface area contributed by atoms with Gasteiger partial charge in [0.1, 0.15) is 0 Å². The van der Waals surface area contributed by atoms with Crippen molar-refractivity contribution in [1.29, 1.82) is 0 Å². The number of hydrogen-bond acceptors (Lipinski definition) is 7. The van der Waals surface area contributed by atoms with E-state index in [9.17, 15) is 4.79 Å². The van der Waals surface area contributed by atoms with Crippen LogP contribution in [0.2, 0.25) is 0 Å². The van der Waals surface area contributed by atoms with E-state index in [0.29, 0.717) is 34.3 Å². The molecule has 2 aliphatic rings. The number of cyclic esters (lactones) is 1. The van der Waals surface area contributed by atoms with Crippen molar-refractivity contribution in [2.24, 2.45) is 5.92 Å². The number of ether oxygens (including phenoxy) is 6. The van der Waals surface area contributed by atoms with E-state index in [1.165, 1.54) is 0 Å². The Balaban J connectivity index is 1.87. The maximum atomic E-state index is 12.0. The lowest BCUT2D eigenvalue weighted by atomic mass is 9.78. The summed E-state index contributed by atoms with van der Waals surface area (Å²) in [6.45, 7) is 4.39. The quantitative estimate of drug-likeness (QED) is 0.546. The Morgan fingerprint density at radius 3 is 2.21 bits per heavy atom. The molecule has 1 saturated heterocycles. The molecule has 7 nitrogen and oxygen atoms in total. The summed E-state index contributed by atoms with van der Waals surface area (Å²) in [4.78, 5) is 12.0. The van der Waals surface area contributed by atoms with Gasteiger partial charge in [-0.3, -0.25) is 0 Å². The Morgan fingerprint density at radius 1 is 0.931 bits per heavy atom.